The summed E-state index contributed by atoms with van der Waals surface area (Å²) in [5, 5.41) is 3.42. The highest BCUT2D eigenvalue weighted by atomic mass is 16.1. The van der Waals surface area contributed by atoms with Crippen LogP contribution in [0.4, 0.5) is 0 Å². The zero-order valence-electron chi connectivity index (χ0n) is 12.7. The largest absolute Gasteiger partial charge is 0.312 e. The molecule has 2 aromatic heterocycles. The van der Waals surface area contributed by atoms with E-state index in [4.69, 9.17) is 0 Å². The van der Waals surface area contributed by atoms with Crippen molar-refractivity contribution in [1.29, 1.82) is 0 Å². The Bertz CT molecular complexity index is 732. The molecule has 0 saturated heterocycles. The molecule has 1 saturated carbocycles. The van der Waals surface area contributed by atoms with Crippen molar-refractivity contribution in [2.45, 2.75) is 38.8 Å². The van der Waals surface area contributed by atoms with Crippen LogP contribution >= 0.6 is 0 Å². The Labute approximate surface area is 130 Å². The Morgan fingerprint density at radius 2 is 2.27 bits per heavy atom. The molecule has 0 spiro atoms. The average Bonchev–Trinajstić information content (AvgIpc) is 2.53. The minimum absolute atomic E-state index is 0.153. The van der Waals surface area contributed by atoms with Crippen molar-refractivity contribution in [3.05, 3.63) is 52.2 Å². The normalized spacial score (nSPS) is 17.8. The topological polar surface area (TPSA) is 46.9 Å². The maximum absolute atomic E-state index is 13.0. The van der Waals surface area contributed by atoms with E-state index in [0.717, 1.165) is 37.2 Å². The summed E-state index contributed by atoms with van der Waals surface area (Å²) in [6.07, 6.45) is 8.31. The molecule has 4 rings (SSSR count). The van der Waals surface area contributed by atoms with Gasteiger partial charge in [0.2, 0.25) is 0 Å². The summed E-state index contributed by atoms with van der Waals surface area (Å²) in [6.45, 7) is 2.70. The van der Waals surface area contributed by atoms with Crippen LogP contribution in [0.2, 0.25) is 0 Å². The van der Waals surface area contributed by atoms with Crippen molar-refractivity contribution >= 4 is 0 Å². The molecule has 2 aromatic rings. The Hall–Kier alpha value is -1.94. The maximum Gasteiger partial charge on any atom is 0.258 e. The molecule has 0 atom stereocenters. The predicted molar refractivity (Wildman–Crippen MR) is 86.7 cm³/mol. The summed E-state index contributed by atoms with van der Waals surface area (Å²) in [5.41, 5.74) is 4.37. The molecule has 1 aliphatic heterocycles. The first kappa shape index (κ1) is 13.7. The molecule has 0 radical (unpaired) electrons. The fourth-order valence-corrected chi connectivity index (χ4v) is 3.49. The van der Waals surface area contributed by atoms with Gasteiger partial charge in [-0.1, -0.05) is 12.5 Å². The van der Waals surface area contributed by atoms with Gasteiger partial charge in [-0.25, -0.2) is 0 Å². The van der Waals surface area contributed by atoms with Crippen LogP contribution in [0.5, 0.6) is 0 Å². The van der Waals surface area contributed by atoms with E-state index in [1.54, 1.807) is 12.4 Å². The lowest BCUT2D eigenvalue weighted by molar-refractivity contribution is 0.269. The molecule has 114 valence electrons. The molecule has 1 aliphatic carbocycles. The average molecular weight is 295 g/mol. The summed E-state index contributed by atoms with van der Waals surface area (Å²) in [5.74, 6) is 0.681. The quantitative estimate of drug-likeness (QED) is 0.945. The molecule has 0 unspecified atom stereocenters. The lowest BCUT2D eigenvalue weighted by Crippen LogP contribution is -2.36. The number of hydrogen-bond acceptors (Lipinski definition) is 3. The van der Waals surface area contributed by atoms with Crippen molar-refractivity contribution in [3.63, 3.8) is 0 Å². The Balaban J connectivity index is 1.85. The third kappa shape index (κ3) is 2.37. The highest BCUT2D eigenvalue weighted by molar-refractivity contribution is 5.62. The number of pyridine rings is 2. The van der Waals surface area contributed by atoms with E-state index >= 15 is 0 Å². The van der Waals surface area contributed by atoms with Crippen LogP contribution < -0.4 is 10.9 Å². The number of aromatic nitrogens is 2. The molecule has 4 heteroatoms. The minimum atomic E-state index is 0.153. The maximum atomic E-state index is 13.0. The van der Waals surface area contributed by atoms with Gasteiger partial charge in [0, 0.05) is 55.3 Å². The van der Waals surface area contributed by atoms with Crippen LogP contribution in [0.3, 0.4) is 0 Å². The van der Waals surface area contributed by atoms with Gasteiger partial charge in [0.25, 0.3) is 5.56 Å². The van der Waals surface area contributed by atoms with E-state index in [1.807, 2.05) is 12.1 Å². The van der Waals surface area contributed by atoms with Gasteiger partial charge in [0.15, 0.2) is 0 Å². The third-order valence-corrected chi connectivity index (χ3v) is 4.98. The third-order valence-electron chi connectivity index (χ3n) is 4.98. The lowest BCUT2D eigenvalue weighted by atomic mass is 9.85. The van der Waals surface area contributed by atoms with Crippen LogP contribution in [-0.2, 0) is 19.5 Å². The smallest absolute Gasteiger partial charge is 0.258 e. The molecule has 1 fully saturated rings. The fourth-order valence-electron chi connectivity index (χ4n) is 3.49. The second-order valence-electron chi connectivity index (χ2n) is 6.41. The van der Waals surface area contributed by atoms with Gasteiger partial charge < -0.3 is 9.88 Å². The number of fused-ring (bicyclic) bond motifs is 1. The van der Waals surface area contributed by atoms with E-state index in [2.05, 4.69) is 20.9 Å². The van der Waals surface area contributed by atoms with Crippen LogP contribution in [0.25, 0.3) is 11.1 Å². The number of rotatable bonds is 3. The summed E-state index contributed by atoms with van der Waals surface area (Å²) in [6, 6.07) is 5.93. The molecule has 0 amide bonds. The van der Waals surface area contributed by atoms with Crippen molar-refractivity contribution in [3.8, 4) is 11.1 Å². The standard InChI is InChI=1S/C18H21N3O/c22-18-16(14-5-2-7-19-10-14)9-15-11-20-8-6-17(15)21(18)12-13-3-1-4-13/h2,5,7,9-10,13,20H,1,3-4,6,8,11-12H2. The van der Waals surface area contributed by atoms with Gasteiger partial charge in [-0.3, -0.25) is 9.78 Å². The van der Waals surface area contributed by atoms with E-state index in [9.17, 15) is 4.79 Å². The van der Waals surface area contributed by atoms with Gasteiger partial charge in [-0.2, -0.15) is 0 Å². The number of nitrogens with one attached hydrogen (secondary N) is 1. The monoisotopic (exact) mass is 295 g/mol. The highest BCUT2D eigenvalue weighted by Crippen LogP contribution is 2.29. The molecule has 22 heavy (non-hydrogen) atoms. The van der Waals surface area contributed by atoms with Crippen molar-refractivity contribution < 1.29 is 0 Å². The van der Waals surface area contributed by atoms with Gasteiger partial charge in [0.05, 0.1) is 0 Å². The summed E-state index contributed by atoms with van der Waals surface area (Å²) in [4.78, 5) is 17.2. The zero-order valence-corrected chi connectivity index (χ0v) is 12.7. The Kier molecular flexibility index (Phi) is 3.54. The number of hydrogen-bond donors (Lipinski definition) is 1. The van der Waals surface area contributed by atoms with Crippen LogP contribution in [-0.4, -0.2) is 16.1 Å². The first-order chi connectivity index (χ1) is 10.8. The van der Waals surface area contributed by atoms with Crippen LogP contribution in [0.1, 0.15) is 30.5 Å². The molecule has 4 nitrogen and oxygen atoms in total. The molecule has 2 aliphatic rings. The summed E-state index contributed by atoms with van der Waals surface area (Å²) in [7, 11) is 0. The van der Waals surface area contributed by atoms with E-state index < -0.39 is 0 Å². The summed E-state index contributed by atoms with van der Waals surface area (Å²) < 4.78 is 2.06. The van der Waals surface area contributed by atoms with Gasteiger partial charge in [0.1, 0.15) is 0 Å². The van der Waals surface area contributed by atoms with Gasteiger partial charge >= 0.3 is 0 Å². The molecule has 0 bridgehead atoms. The van der Waals surface area contributed by atoms with Gasteiger partial charge in [-0.05, 0) is 36.5 Å². The van der Waals surface area contributed by atoms with Gasteiger partial charge in [-0.15, -0.1) is 0 Å². The fraction of sp³-hybridized carbons (Fsp3) is 0.444. The Morgan fingerprint density at radius 3 is 3.00 bits per heavy atom. The second-order valence-corrected chi connectivity index (χ2v) is 6.41. The highest BCUT2D eigenvalue weighted by Gasteiger charge is 2.23. The predicted octanol–water partition coefficient (Wildman–Crippen LogP) is 2.36. The first-order valence-electron chi connectivity index (χ1n) is 8.19. The second kappa shape index (κ2) is 5.69. The Morgan fingerprint density at radius 1 is 1.36 bits per heavy atom. The molecule has 0 aromatic carbocycles. The van der Waals surface area contributed by atoms with Crippen LogP contribution in [0, 0.1) is 5.92 Å². The minimum Gasteiger partial charge on any atom is -0.312 e. The molecule has 3 heterocycles. The van der Waals surface area contributed by atoms with Crippen LogP contribution in [0.15, 0.2) is 35.4 Å². The zero-order chi connectivity index (χ0) is 14.9. The molecular weight excluding hydrogens is 274 g/mol. The van der Waals surface area contributed by atoms with E-state index in [1.165, 1.54) is 30.5 Å². The number of nitrogens with zero attached hydrogens (tertiary/aromatic N) is 2. The SMILES string of the molecule is O=c1c(-c2cccnc2)cc2c(n1CC1CCC1)CCNC2. The molecule has 1 N–H and O–H groups in total. The van der Waals surface area contributed by atoms with Crippen molar-refractivity contribution in [1.82, 2.24) is 14.9 Å². The first-order valence-corrected chi connectivity index (χ1v) is 8.19. The van der Waals surface area contributed by atoms with Crippen molar-refractivity contribution in [2.24, 2.45) is 5.92 Å². The van der Waals surface area contributed by atoms with E-state index in [0.29, 0.717) is 5.92 Å². The lowest BCUT2D eigenvalue weighted by Gasteiger charge is -2.30. The van der Waals surface area contributed by atoms with E-state index in [-0.39, 0.29) is 5.56 Å². The van der Waals surface area contributed by atoms with Crippen molar-refractivity contribution in [2.75, 3.05) is 6.54 Å². The summed E-state index contributed by atoms with van der Waals surface area (Å²) >= 11 is 0. The molecular formula is C18H21N3O.